The zero-order valence-corrected chi connectivity index (χ0v) is 65.1. The van der Waals surface area contributed by atoms with Crippen molar-refractivity contribution in [2.75, 3.05) is 52.5 Å². The predicted molar refractivity (Wildman–Crippen MR) is 406 cm³/mol. The number of benzene rings is 3. The molecule has 4 aromatic rings. The van der Waals surface area contributed by atoms with Gasteiger partial charge in [-0.3, -0.25) is 57.5 Å². The quantitative estimate of drug-likeness (QED) is 0.0932. The van der Waals surface area contributed by atoms with Crippen LogP contribution in [0.15, 0.2) is 102 Å². The molecule has 0 spiro atoms. The van der Waals surface area contributed by atoms with E-state index in [2.05, 4.69) is 37.1 Å². The van der Waals surface area contributed by atoms with Gasteiger partial charge in [-0.1, -0.05) is 131 Å². The van der Waals surface area contributed by atoms with Crippen molar-refractivity contribution in [3.63, 3.8) is 0 Å². The molecular formula is C82H107N13O17. The SMILES string of the molecule is C[C@@H]1C[C@H]2C(=O)OC[C@H](NC(=O)[C@H](Cc3ccccc3)NC(=O)CCc3ccccc3)C(=O)N3CCC[C@H]3C(=O)N3CCCC[C@H]3C(=O)N[C@@H](C)C(=O)N2C1.C[C@@H]1C[C@H]2C(=O)OC[C@H](NC(=O)[C@H](Cc3ccccc3)NC(=O)Cc3cc(C(C)(C)C)on3)C(=O)N3CCC[C@H]3C(=O)N3CCCC[C@H]3C(=O)N[C@@H](C)C(=O)N2C1. The van der Waals surface area contributed by atoms with E-state index in [1.165, 1.54) is 29.4 Å². The summed E-state index contributed by atoms with van der Waals surface area (Å²) in [6, 6.07) is 17.0. The largest absolute Gasteiger partial charge is 0.461 e. The van der Waals surface area contributed by atoms with Crippen LogP contribution in [0.5, 0.6) is 0 Å². The minimum atomic E-state index is -1.44. The second-order valence-electron chi connectivity index (χ2n) is 32.2. The zero-order chi connectivity index (χ0) is 80.1. The summed E-state index contributed by atoms with van der Waals surface area (Å²) < 4.78 is 17.0. The van der Waals surface area contributed by atoms with Crippen molar-refractivity contribution in [2.24, 2.45) is 11.8 Å². The van der Waals surface area contributed by atoms with Gasteiger partial charge in [0.25, 0.3) is 0 Å². The Balaban J connectivity index is 0.000000222. The van der Waals surface area contributed by atoms with E-state index in [0.717, 1.165) is 23.1 Å². The van der Waals surface area contributed by atoms with Crippen LogP contribution in [-0.2, 0) is 108 Å². The number of aryl methyl sites for hydroxylation is 1. The molecule has 30 heteroatoms. The molecule has 14 atom stereocenters. The van der Waals surface area contributed by atoms with Gasteiger partial charge in [-0.05, 0) is 126 Å². The highest BCUT2D eigenvalue weighted by Crippen LogP contribution is 2.32. The third kappa shape index (κ3) is 20.4. The Morgan fingerprint density at radius 3 is 1.29 bits per heavy atom. The molecule has 12 amide bonds. The molecule has 8 saturated heterocycles. The lowest BCUT2D eigenvalue weighted by atomic mass is 9.93. The number of rotatable bonds is 15. The molecule has 8 fully saturated rings. The van der Waals surface area contributed by atoms with Crippen molar-refractivity contribution < 1.29 is 81.1 Å². The average molecular weight is 1550 g/mol. The number of carbonyl (C=O) groups is 14. The van der Waals surface area contributed by atoms with Crippen LogP contribution in [-0.4, -0.2) is 242 Å². The minimum Gasteiger partial charge on any atom is -0.461 e. The summed E-state index contributed by atoms with van der Waals surface area (Å²) in [4.78, 5) is 203. The van der Waals surface area contributed by atoms with Gasteiger partial charge in [0.15, 0.2) is 0 Å². The maximum absolute atomic E-state index is 14.5. The van der Waals surface area contributed by atoms with Gasteiger partial charge in [0, 0.05) is 70.0 Å². The predicted octanol–water partition coefficient (Wildman–Crippen LogP) is 2.90. The fourth-order valence-corrected chi connectivity index (χ4v) is 16.4. The highest BCUT2D eigenvalue weighted by atomic mass is 16.5. The Kier molecular flexibility index (Phi) is 27.4. The highest BCUT2D eigenvalue weighted by Gasteiger charge is 2.49. The van der Waals surface area contributed by atoms with Crippen molar-refractivity contribution in [3.8, 4) is 0 Å². The van der Waals surface area contributed by atoms with Gasteiger partial charge in [-0.2, -0.15) is 0 Å². The number of hydrogen-bond acceptors (Lipinski definition) is 18. The van der Waals surface area contributed by atoms with Crippen LogP contribution in [0.3, 0.4) is 0 Å². The van der Waals surface area contributed by atoms with Crippen molar-refractivity contribution >= 4 is 82.8 Å². The van der Waals surface area contributed by atoms with E-state index in [1.54, 1.807) is 32.0 Å². The van der Waals surface area contributed by atoms with Crippen molar-refractivity contribution in [1.29, 1.82) is 0 Å². The molecule has 0 saturated carbocycles. The lowest BCUT2D eigenvalue weighted by Crippen LogP contribution is -2.62. The summed E-state index contributed by atoms with van der Waals surface area (Å²) in [5, 5.41) is 20.8. The van der Waals surface area contributed by atoms with Crippen molar-refractivity contribution in [1.82, 2.24) is 66.5 Å². The second-order valence-corrected chi connectivity index (χ2v) is 32.2. The molecule has 8 aliphatic rings. The number of nitrogens with one attached hydrogen (secondary N) is 6. The first-order chi connectivity index (χ1) is 53.6. The molecule has 0 aliphatic carbocycles. The maximum atomic E-state index is 14.5. The molecule has 1 aromatic heterocycles. The van der Waals surface area contributed by atoms with E-state index >= 15 is 0 Å². The van der Waals surface area contributed by atoms with Gasteiger partial charge >= 0.3 is 11.9 Å². The first-order valence-electron chi connectivity index (χ1n) is 39.6. The molecular weight excluding hydrogens is 1440 g/mol. The molecule has 0 radical (unpaired) electrons. The molecule has 8 aliphatic heterocycles. The van der Waals surface area contributed by atoms with Crippen LogP contribution in [0.25, 0.3) is 0 Å². The number of hydrogen-bond donors (Lipinski definition) is 6. The summed E-state index contributed by atoms with van der Waals surface area (Å²) in [7, 11) is 0. The number of nitrogens with zero attached hydrogens (tertiary/aromatic N) is 7. The van der Waals surface area contributed by atoms with Gasteiger partial charge in [-0.15, -0.1) is 0 Å². The molecule has 30 nitrogen and oxygen atoms in total. The minimum absolute atomic E-state index is 0.0373. The Bertz CT molecular complexity index is 4100. The summed E-state index contributed by atoms with van der Waals surface area (Å²) in [5.41, 5.74) is 2.55. The topological polar surface area (TPSA) is 375 Å². The van der Waals surface area contributed by atoms with Crippen LogP contribution in [0.4, 0.5) is 0 Å². The van der Waals surface area contributed by atoms with E-state index in [9.17, 15) is 67.1 Å². The van der Waals surface area contributed by atoms with Crippen LogP contribution >= 0.6 is 0 Å². The number of amides is 12. The van der Waals surface area contributed by atoms with Crippen molar-refractivity contribution in [3.05, 3.63) is 125 Å². The van der Waals surface area contributed by atoms with Crippen LogP contribution in [0.2, 0.25) is 0 Å². The van der Waals surface area contributed by atoms with Crippen molar-refractivity contribution in [2.45, 2.75) is 236 Å². The lowest BCUT2D eigenvalue weighted by Gasteiger charge is -2.39. The summed E-state index contributed by atoms with van der Waals surface area (Å²) >= 11 is 0. The first-order valence-corrected chi connectivity index (χ1v) is 39.6. The van der Waals surface area contributed by atoms with Crippen LogP contribution < -0.4 is 31.9 Å². The standard InChI is InChI=1S/C41H55N7O9.C41H52N6O8/c1-24-18-32-40(55)56-23-29(44-35(50)28(19-26-12-7-6-8-13-26)43-34(49)21-27-20-33(57-45-27)41(3,4)5)38(53)47-17-11-15-31(47)39(54)46-16-10-9-14-30(46)36(51)42-25(2)37(52)48(32)22-24;1-26-22-34-41(54)55-25-31(44-36(49)30(23-29-14-7-4-8-15-29)43-35(48)19-18-28-12-5-3-6-13-28)39(52)46-21-11-17-33(46)40(53)45-20-10-9-16-32(45)37(50)42-27(2)38(51)47(34)24-26/h6-8,12-13,20,24-25,28-32H,9-11,14-19,21-23H2,1-5H3,(H,42,51)(H,43,49)(H,44,50);3-8,12-15,26-27,30-34H,9-11,16-25H2,1-2H3,(H,42,50)(H,43,48)(H,44,49)/t24-,25+,28+,29+,30+,31+,32+;26-,27+,30+,31+,32+,33+,34+/m11/s1. The molecule has 602 valence electrons. The van der Waals surface area contributed by atoms with Gasteiger partial charge in [0.2, 0.25) is 70.9 Å². The number of fused-ring (bicyclic) bond motifs is 6. The molecule has 0 bridgehead atoms. The Labute approximate surface area is 652 Å². The number of aromatic nitrogens is 1. The Hall–Kier alpha value is -10.5. The molecule has 0 unspecified atom stereocenters. The lowest BCUT2D eigenvalue weighted by molar-refractivity contribution is -0.158. The van der Waals surface area contributed by atoms with Crippen LogP contribution in [0, 0.1) is 11.8 Å². The molecule has 112 heavy (non-hydrogen) atoms. The highest BCUT2D eigenvalue weighted by molar-refractivity contribution is 6.00. The van der Waals surface area contributed by atoms with Gasteiger partial charge in [0.1, 0.15) is 91.5 Å². The third-order valence-electron chi connectivity index (χ3n) is 22.4. The average Bonchev–Trinajstić information content (AvgIpc) is 1.51. The van der Waals surface area contributed by atoms with Crippen LogP contribution in [0.1, 0.15) is 160 Å². The molecule has 6 N–H and O–H groups in total. The molecule has 9 heterocycles. The summed E-state index contributed by atoms with van der Waals surface area (Å²) in [6.45, 7) is 13.3. The van der Waals surface area contributed by atoms with Gasteiger partial charge < -0.3 is 75.3 Å². The monoisotopic (exact) mass is 1550 g/mol. The first kappa shape index (κ1) is 82.4. The summed E-state index contributed by atoms with van der Waals surface area (Å²) in [5.74, 6) is -7.05. The number of carbonyl (C=O) groups excluding carboxylic acids is 14. The fraction of sp³-hybridized carbons (Fsp3) is 0.573. The second kappa shape index (κ2) is 37.2. The number of cyclic esters (lactones) is 2. The molecule has 12 rings (SSSR count). The van der Waals surface area contributed by atoms with Gasteiger partial charge in [0.05, 0.1) is 12.1 Å². The number of piperidine rings is 2. The smallest absolute Gasteiger partial charge is 0.328 e. The normalized spacial score (nSPS) is 27.0. The van der Waals surface area contributed by atoms with E-state index in [0.29, 0.717) is 102 Å². The number of ether oxygens (including phenoxy) is 2. The maximum Gasteiger partial charge on any atom is 0.328 e. The van der Waals surface area contributed by atoms with E-state index < -0.39 is 151 Å². The summed E-state index contributed by atoms with van der Waals surface area (Å²) in [6.07, 6.45) is 6.57. The fourth-order valence-electron chi connectivity index (χ4n) is 16.4. The Morgan fingerprint density at radius 2 is 0.866 bits per heavy atom. The third-order valence-corrected chi connectivity index (χ3v) is 22.4. The van der Waals surface area contributed by atoms with Gasteiger partial charge in [-0.25, -0.2) is 9.59 Å². The van der Waals surface area contributed by atoms with E-state index in [-0.39, 0.29) is 86.8 Å². The Morgan fingerprint density at radius 1 is 0.473 bits per heavy atom. The van der Waals surface area contributed by atoms with E-state index in [1.807, 2.05) is 113 Å². The molecule has 3 aromatic carbocycles. The van der Waals surface area contributed by atoms with E-state index in [4.69, 9.17) is 14.0 Å². The zero-order valence-electron chi connectivity index (χ0n) is 65.1. The number of esters is 2.